The number of H-pyrrole nitrogens is 1. The zero-order chi connectivity index (χ0) is 15.6. The van der Waals surface area contributed by atoms with Gasteiger partial charge in [0.15, 0.2) is 0 Å². The number of carbonyl (C=O) groups excluding carboxylic acids is 1. The van der Waals surface area contributed by atoms with Crippen LogP contribution in [-0.4, -0.2) is 27.6 Å². The molecule has 0 fully saturated rings. The van der Waals surface area contributed by atoms with Crippen LogP contribution in [0.5, 0.6) is 0 Å². The van der Waals surface area contributed by atoms with Gasteiger partial charge in [-0.25, -0.2) is 4.98 Å². The molecule has 1 unspecified atom stereocenters. The summed E-state index contributed by atoms with van der Waals surface area (Å²) in [5, 5.41) is 10.8. The van der Waals surface area contributed by atoms with Gasteiger partial charge in [-0.15, -0.1) is 11.3 Å². The maximum absolute atomic E-state index is 12.1. The lowest BCUT2D eigenvalue weighted by molar-refractivity contribution is -0.122. The molecule has 0 aliphatic rings. The number of carbonyl (C=O) groups is 1. The number of nitrogens with zero attached hydrogens (tertiary/aromatic N) is 2. The zero-order valence-corrected chi connectivity index (χ0v) is 13.6. The van der Waals surface area contributed by atoms with Crippen molar-refractivity contribution < 1.29 is 4.79 Å². The molecule has 0 bridgehead atoms. The van der Waals surface area contributed by atoms with E-state index in [4.69, 9.17) is 5.73 Å². The van der Waals surface area contributed by atoms with Gasteiger partial charge in [-0.1, -0.05) is 0 Å². The molecule has 2 rings (SSSR count). The Hall–Kier alpha value is -1.73. The third-order valence-electron chi connectivity index (χ3n) is 3.49. The monoisotopic (exact) mass is 307 g/mol. The van der Waals surface area contributed by atoms with Gasteiger partial charge in [-0.05, 0) is 27.7 Å². The maximum atomic E-state index is 12.1. The van der Waals surface area contributed by atoms with Gasteiger partial charge in [0.05, 0.1) is 16.4 Å². The summed E-state index contributed by atoms with van der Waals surface area (Å²) in [5.41, 5.74) is 9.44. The SMILES string of the molecule is Cc1nc(CCNC(=O)C(N)c2c(C)n[nH]c2C)sc1C. The van der Waals surface area contributed by atoms with Crippen molar-refractivity contribution in [1.29, 1.82) is 0 Å². The summed E-state index contributed by atoms with van der Waals surface area (Å²) in [5.74, 6) is -0.187. The van der Waals surface area contributed by atoms with E-state index in [2.05, 4.69) is 27.4 Å². The van der Waals surface area contributed by atoms with Crippen LogP contribution in [0.2, 0.25) is 0 Å². The Morgan fingerprint density at radius 2 is 2.05 bits per heavy atom. The Balaban J connectivity index is 1.90. The normalized spacial score (nSPS) is 12.4. The van der Waals surface area contributed by atoms with Gasteiger partial charge in [0.1, 0.15) is 6.04 Å². The highest BCUT2D eigenvalue weighted by Crippen LogP contribution is 2.18. The van der Waals surface area contributed by atoms with Gasteiger partial charge in [0.25, 0.3) is 0 Å². The van der Waals surface area contributed by atoms with Gasteiger partial charge < -0.3 is 11.1 Å². The van der Waals surface area contributed by atoms with Gasteiger partial charge in [0, 0.05) is 29.1 Å². The molecule has 21 heavy (non-hydrogen) atoms. The van der Waals surface area contributed by atoms with Gasteiger partial charge in [-0.3, -0.25) is 9.89 Å². The van der Waals surface area contributed by atoms with E-state index in [1.165, 1.54) is 4.88 Å². The maximum Gasteiger partial charge on any atom is 0.241 e. The first kappa shape index (κ1) is 15.7. The summed E-state index contributed by atoms with van der Waals surface area (Å²) in [6.07, 6.45) is 0.723. The van der Waals surface area contributed by atoms with E-state index in [1.807, 2.05) is 20.8 Å². The largest absolute Gasteiger partial charge is 0.354 e. The summed E-state index contributed by atoms with van der Waals surface area (Å²) >= 11 is 1.67. The summed E-state index contributed by atoms with van der Waals surface area (Å²) < 4.78 is 0. The fourth-order valence-corrected chi connectivity index (χ4v) is 3.13. The Kier molecular flexibility index (Phi) is 4.74. The first-order valence-corrected chi connectivity index (χ1v) is 7.69. The Labute approximate surface area is 128 Å². The number of aromatic amines is 1. The highest BCUT2D eigenvalue weighted by molar-refractivity contribution is 7.11. The van der Waals surface area contributed by atoms with Crippen LogP contribution in [0.4, 0.5) is 0 Å². The average molecular weight is 307 g/mol. The summed E-state index contributed by atoms with van der Waals surface area (Å²) in [4.78, 5) is 17.8. The summed E-state index contributed by atoms with van der Waals surface area (Å²) in [6.45, 7) is 8.29. The molecular formula is C14H21N5OS. The second kappa shape index (κ2) is 6.36. The molecule has 4 N–H and O–H groups in total. The number of nitrogens with one attached hydrogen (secondary N) is 2. The van der Waals surface area contributed by atoms with Crippen molar-refractivity contribution in [2.75, 3.05) is 6.54 Å². The number of hydrogen-bond donors (Lipinski definition) is 3. The van der Waals surface area contributed by atoms with Crippen LogP contribution in [0.1, 0.15) is 38.6 Å². The lowest BCUT2D eigenvalue weighted by Gasteiger charge is -2.12. The predicted octanol–water partition coefficient (Wildman–Crippen LogP) is 1.46. The molecule has 2 aromatic heterocycles. The minimum atomic E-state index is -0.691. The van der Waals surface area contributed by atoms with E-state index in [0.717, 1.165) is 34.1 Å². The van der Waals surface area contributed by atoms with Crippen LogP contribution >= 0.6 is 11.3 Å². The van der Waals surface area contributed by atoms with Crippen LogP contribution in [0, 0.1) is 27.7 Å². The van der Waals surface area contributed by atoms with Gasteiger partial charge in [0.2, 0.25) is 5.91 Å². The summed E-state index contributed by atoms with van der Waals surface area (Å²) in [7, 11) is 0. The molecule has 2 heterocycles. The lowest BCUT2D eigenvalue weighted by atomic mass is 10.1. The van der Waals surface area contributed by atoms with Crippen LogP contribution in [0.15, 0.2) is 0 Å². The highest BCUT2D eigenvalue weighted by atomic mass is 32.1. The Bertz CT molecular complexity index is 607. The molecule has 0 aliphatic heterocycles. The lowest BCUT2D eigenvalue weighted by Crippen LogP contribution is -2.35. The number of rotatable bonds is 5. The minimum Gasteiger partial charge on any atom is -0.354 e. The fourth-order valence-electron chi connectivity index (χ4n) is 2.20. The topological polar surface area (TPSA) is 96.7 Å². The second-order valence-electron chi connectivity index (χ2n) is 5.12. The average Bonchev–Trinajstić information content (AvgIpc) is 2.92. The summed E-state index contributed by atoms with van der Waals surface area (Å²) in [6, 6.07) is -0.691. The number of thiazole rings is 1. The molecule has 114 valence electrons. The van der Waals surface area contributed by atoms with Gasteiger partial charge >= 0.3 is 0 Å². The second-order valence-corrected chi connectivity index (χ2v) is 6.40. The molecule has 0 saturated carbocycles. The molecule has 6 nitrogen and oxygen atoms in total. The standard InChI is InChI=1S/C14H21N5OS/c1-7-10(4)21-11(17-7)5-6-16-14(20)13(15)12-8(2)18-19-9(12)3/h13H,5-6,15H2,1-4H3,(H,16,20)(H,18,19). The van der Waals surface area contributed by atoms with E-state index < -0.39 is 6.04 Å². The number of hydrogen-bond acceptors (Lipinski definition) is 5. The zero-order valence-electron chi connectivity index (χ0n) is 12.8. The number of amides is 1. The van der Waals surface area contributed by atoms with Crippen molar-refractivity contribution in [3.63, 3.8) is 0 Å². The quantitative estimate of drug-likeness (QED) is 0.779. The van der Waals surface area contributed by atoms with Crippen molar-refractivity contribution in [2.45, 2.75) is 40.2 Å². The van der Waals surface area contributed by atoms with Crippen molar-refractivity contribution in [1.82, 2.24) is 20.5 Å². The molecule has 0 aliphatic carbocycles. The molecule has 1 atom stereocenters. The molecule has 2 aromatic rings. The van der Waals surface area contributed by atoms with Crippen LogP contribution < -0.4 is 11.1 Å². The van der Waals surface area contributed by atoms with Crippen LogP contribution in [0.25, 0.3) is 0 Å². The molecule has 0 aromatic carbocycles. The third kappa shape index (κ3) is 3.48. The number of aromatic nitrogens is 3. The van der Waals surface area contributed by atoms with Crippen molar-refractivity contribution in [3.8, 4) is 0 Å². The fraction of sp³-hybridized carbons (Fsp3) is 0.500. The Morgan fingerprint density at radius 1 is 1.33 bits per heavy atom. The highest BCUT2D eigenvalue weighted by Gasteiger charge is 2.21. The number of aryl methyl sites for hydroxylation is 4. The first-order valence-electron chi connectivity index (χ1n) is 6.87. The first-order chi connectivity index (χ1) is 9.90. The van der Waals surface area contributed by atoms with Crippen LogP contribution in [-0.2, 0) is 11.2 Å². The minimum absolute atomic E-state index is 0.187. The van der Waals surface area contributed by atoms with E-state index in [-0.39, 0.29) is 5.91 Å². The molecule has 7 heteroatoms. The smallest absolute Gasteiger partial charge is 0.241 e. The number of nitrogens with two attached hydrogens (primary N) is 1. The van der Waals surface area contributed by atoms with E-state index in [9.17, 15) is 4.79 Å². The third-order valence-corrected chi connectivity index (χ3v) is 4.62. The van der Waals surface area contributed by atoms with E-state index in [0.29, 0.717) is 6.54 Å². The van der Waals surface area contributed by atoms with E-state index >= 15 is 0 Å². The van der Waals surface area contributed by atoms with Crippen molar-refractivity contribution in [2.24, 2.45) is 5.73 Å². The molecule has 0 radical (unpaired) electrons. The van der Waals surface area contributed by atoms with Crippen molar-refractivity contribution >= 4 is 17.2 Å². The molecule has 1 amide bonds. The Morgan fingerprint density at radius 3 is 2.57 bits per heavy atom. The van der Waals surface area contributed by atoms with Crippen LogP contribution in [0.3, 0.4) is 0 Å². The predicted molar refractivity (Wildman–Crippen MR) is 83.3 cm³/mol. The molecular weight excluding hydrogens is 286 g/mol. The van der Waals surface area contributed by atoms with Crippen molar-refractivity contribution in [3.05, 3.63) is 32.5 Å². The molecule has 0 saturated heterocycles. The van der Waals surface area contributed by atoms with Gasteiger partial charge in [-0.2, -0.15) is 5.10 Å². The van der Waals surface area contributed by atoms with E-state index in [1.54, 1.807) is 11.3 Å². The molecule has 0 spiro atoms.